The van der Waals surface area contributed by atoms with Crippen LogP contribution in [-0.4, -0.2) is 51.6 Å². The molecule has 188 valence electrons. The van der Waals surface area contributed by atoms with Crippen molar-refractivity contribution in [3.63, 3.8) is 0 Å². The van der Waals surface area contributed by atoms with E-state index < -0.39 is 29.6 Å². The summed E-state index contributed by atoms with van der Waals surface area (Å²) in [7, 11) is 1.54. The van der Waals surface area contributed by atoms with Crippen LogP contribution in [0, 0.1) is 5.82 Å². The van der Waals surface area contributed by atoms with E-state index in [1.807, 2.05) is 30.3 Å². The van der Waals surface area contributed by atoms with Crippen LogP contribution in [0.1, 0.15) is 5.56 Å². The molecular weight excluding hydrogens is 471 g/mol. The molecule has 11 heteroatoms. The number of hydrogen-bond donors (Lipinski definition) is 0. The van der Waals surface area contributed by atoms with Crippen molar-refractivity contribution in [2.75, 3.05) is 26.9 Å². The molecule has 0 spiro atoms. The Morgan fingerprint density at radius 2 is 1.72 bits per heavy atom. The van der Waals surface area contributed by atoms with Crippen molar-refractivity contribution >= 4 is 17.1 Å². The molecule has 0 radical (unpaired) electrons. The third-order valence-electron chi connectivity index (χ3n) is 5.43. The van der Waals surface area contributed by atoms with Gasteiger partial charge in [0, 0.05) is 13.7 Å². The van der Waals surface area contributed by atoms with Crippen LogP contribution in [0.3, 0.4) is 0 Å². The topological polar surface area (TPSA) is 107 Å². The van der Waals surface area contributed by atoms with E-state index in [9.17, 15) is 18.8 Å². The minimum atomic E-state index is -0.806. The van der Waals surface area contributed by atoms with Crippen LogP contribution in [0.25, 0.3) is 11.2 Å². The van der Waals surface area contributed by atoms with Crippen LogP contribution < -0.4 is 16.0 Å². The minimum Gasteiger partial charge on any atom is -0.487 e. The lowest BCUT2D eigenvalue weighted by Gasteiger charge is -2.13. The summed E-state index contributed by atoms with van der Waals surface area (Å²) in [5.74, 6) is -1.31. The molecule has 0 aliphatic rings. The summed E-state index contributed by atoms with van der Waals surface area (Å²) in [6.07, 6.45) is 1.47. The first kappa shape index (κ1) is 24.9. The Morgan fingerprint density at radius 3 is 2.47 bits per heavy atom. The number of imidazole rings is 1. The van der Waals surface area contributed by atoms with Gasteiger partial charge in [-0.05, 0) is 17.7 Å². The molecule has 2 heterocycles. The van der Waals surface area contributed by atoms with Gasteiger partial charge in [-0.1, -0.05) is 42.5 Å². The highest BCUT2D eigenvalue weighted by Gasteiger charge is 2.20. The first-order chi connectivity index (χ1) is 17.5. The van der Waals surface area contributed by atoms with E-state index in [-0.39, 0.29) is 36.7 Å². The smallest absolute Gasteiger partial charge is 0.333 e. The highest BCUT2D eigenvalue weighted by atomic mass is 19.1. The number of nitrogens with zero attached hydrogens (tertiary/aromatic N) is 4. The molecule has 0 aliphatic heterocycles. The average molecular weight is 496 g/mol. The Kier molecular flexibility index (Phi) is 7.91. The Labute approximate surface area is 205 Å². The zero-order valence-electron chi connectivity index (χ0n) is 19.6. The van der Waals surface area contributed by atoms with Crippen molar-refractivity contribution < 1.29 is 23.4 Å². The molecule has 0 atom stereocenters. The fourth-order valence-corrected chi connectivity index (χ4v) is 3.69. The van der Waals surface area contributed by atoms with Gasteiger partial charge in [-0.25, -0.2) is 18.7 Å². The van der Waals surface area contributed by atoms with Crippen molar-refractivity contribution in [1.82, 2.24) is 18.7 Å². The fourth-order valence-electron chi connectivity index (χ4n) is 3.69. The van der Waals surface area contributed by atoms with E-state index in [1.165, 1.54) is 36.2 Å². The fraction of sp³-hybridized carbons (Fsp3) is 0.280. The van der Waals surface area contributed by atoms with Crippen LogP contribution in [-0.2, 0) is 33.9 Å². The zero-order chi connectivity index (χ0) is 25.5. The Morgan fingerprint density at radius 1 is 0.972 bits per heavy atom. The molecule has 0 N–H and O–H groups in total. The molecule has 4 aromatic rings. The lowest BCUT2D eigenvalue weighted by molar-refractivity contribution is -0.145. The van der Waals surface area contributed by atoms with Gasteiger partial charge in [0.05, 0.1) is 19.5 Å². The monoisotopic (exact) mass is 496 g/mol. The molecule has 0 saturated heterocycles. The molecule has 0 fully saturated rings. The second-order valence-corrected chi connectivity index (χ2v) is 7.85. The van der Waals surface area contributed by atoms with Crippen LogP contribution in [0.2, 0.25) is 0 Å². The van der Waals surface area contributed by atoms with E-state index in [4.69, 9.17) is 14.2 Å². The molecule has 36 heavy (non-hydrogen) atoms. The van der Waals surface area contributed by atoms with Gasteiger partial charge in [-0.3, -0.25) is 14.2 Å². The number of esters is 1. The Hall–Kier alpha value is -4.25. The van der Waals surface area contributed by atoms with E-state index in [2.05, 4.69) is 4.98 Å². The van der Waals surface area contributed by atoms with Gasteiger partial charge in [-0.15, -0.1) is 0 Å². The number of halogens is 1. The maximum absolute atomic E-state index is 13.6. The molecule has 10 nitrogen and oxygen atoms in total. The van der Waals surface area contributed by atoms with Crippen molar-refractivity contribution in [2.24, 2.45) is 0 Å². The number of methoxy groups -OCH3 is 1. The largest absolute Gasteiger partial charge is 0.487 e. The molecule has 2 aromatic heterocycles. The van der Waals surface area contributed by atoms with Gasteiger partial charge in [0.1, 0.15) is 19.8 Å². The van der Waals surface area contributed by atoms with Crippen LogP contribution in [0.5, 0.6) is 5.75 Å². The Balaban J connectivity index is 1.57. The maximum atomic E-state index is 13.6. The SMILES string of the molecule is COCCn1cnc2c1c(=O)n(CC(=O)OCCOc1ccccc1F)c(=O)n2Cc1ccccc1. The standard InChI is InChI=1S/C25H25FN4O6/c1-34-12-11-28-17-27-23-22(28)24(32)30(25(33)29(23)15-18-7-3-2-4-8-18)16-21(31)36-14-13-35-20-10-6-5-9-19(20)26/h2-10,17H,11-16H2,1H3. The summed E-state index contributed by atoms with van der Waals surface area (Å²) >= 11 is 0. The number of carbonyl (C=O) groups is 1. The first-order valence-corrected chi connectivity index (χ1v) is 11.2. The quantitative estimate of drug-likeness (QED) is 0.230. The second-order valence-electron chi connectivity index (χ2n) is 7.85. The minimum absolute atomic E-state index is 0.0309. The van der Waals surface area contributed by atoms with Gasteiger partial charge < -0.3 is 18.8 Å². The number of aromatic nitrogens is 4. The molecule has 0 saturated carbocycles. The normalized spacial score (nSPS) is 11.1. The van der Waals surface area contributed by atoms with E-state index >= 15 is 0 Å². The predicted molar refractivity (Wildman–Crippen MR) is 129 cm³/mol. The number of rotatable bonds is 11. The Bertz CT molecular complexity index is 1460. The number of benzene rings is 2. The van der Waals surface area contributed by atoms with E-state index in [0.717, 1.165) is 10.1 Å². The van der Waals surface area contributed by atoms with Crippen molar-refractivity contribution in [3.8, 4) is 5.75 Å². The van der Waals surface area contributed by atoms with Gasteiger partial charge in [0.2, 0.25) is 0 Å². The number of ether oxygens (including phenoxy) is 3. The lowest BCUT2D eigenvalue weighted by atomic mass is 10.2. The van der Waals surface area contributed by atoms with Crippen LogP contribution >= 0.6 is 0 Å². The zero-order valence-corrected chi connectivity index (χ0v) is 19.6. The summed E-state index contributed by atoms with van der Waals surface area (Å²) in [4.78, 5) is 43.4. The summed E-state index contributed by atoms with van der Waals surface area (Å²) in [5.41, 5.74) is -0.128. The van der Waals surface area contributed by atoms with Gasteiger partial charge >= 0.3 is 11.7 Å². The average Bonchev–Trinajstić information content (AvgIpc) is 3.31. The van der Waals surface area contributed by atoms with Crippen molar-refractivity contribution in [3.05, 3.63) is 93.1 Å². The molecule has 4 rings (SSSR count). The van der Waals surface area contributed by atoms with Crippen molar-refractivity contribution in [2.45, 2.75) is 19.6 Å². The number of para-hydroxylation sites is 1. The molecule has 2 aromatic carbocycles. The molecule has 0 aliphatic carbocycles. The predicted octanol–water partition coefficient (Wildman–Crippen LogP) is 1.82. The van der Waals surface area contributed by atoms with Gasteiger partial charge in [-0.2, -0.15) is 0 Å². The molecule has 0 bridgehead atoms. The van der Waals surface area contributed by atoms with Gasteiger partial charge in [0.25, 0.3) is 5.56 Å². The van der Waals surface area contributed by atoms with Crippen LogP contribution in [0.15, 0.2) is 70.5 Å². The molecule has 0 amide bonds. The summed E-state index contributed by atoms with van der Waals surface area (Å²) < 4.78 is 32.9. The van der Waals surface area contributed by atoms with E-state index in [0.29, 0.717) is 13.2 Å². The summed E-state index contributed by atoms with van der Waals surface area (Å²) in [6.45, 7) is -0.0615. The van der Waals surface area contributed by atoms with Crippen LogP contribution in [0.4, 0.5) is 4.39 Å². The lowest BCUT2D eigenvalue weighted by Crippen LogP contribution is -2.42. The third kappa shape index (κ3) is 5.52. The molecule has 0 unspecified atom stereocenters. The second kappa shape index (κ2) is 11.5. The number of hydrogen-bond acceptors (Lipinski definition) is 7. The highest BCUT2D eigenvalue weighted by molar-refractivity contribution is 5.72. The summed E-state index contributed by atoms with van der Waals surface area (Å²) in [6, 6.07) is 15.1. The summed E-state index contributed by atoms with van der Waals surface area (Å²) in [5, 5.41) is 0. The maximum Gasteiger partial charge on any atom is 0.333 e. The van der Waals surface area contributed by atoms with Crippen molar-refractivity contribution in [1.29, 1.82) is 0 Å². The first-order valence-electron chi connectivity index (χ1n) is 11.2. The van der Waals surface area contributed by atoms with Gasteiger partial charge in [0.15, 0.2) is 22.7 Å². The number of carbonyl (C=O) groups excluding carboxylic acids is 1. The van der Waals surface area contributed by atoms with E-state index in [1.54, 1.807) is 10.6 Å². The highest BCUT2D eigenvalue weighted by Crippen LogP contribution is 2.15. The molecular formula is C25H25FN4O6. The number of fused-ring (bicyclic) bond motifs is 1. The third-order valence-corrected chi connectivity index (χ3v) is 5.43.